The minimum Gasteiger partial charge on any atom is -0.444 e. The van der Waals surface area contributed by atoms with Crippen molar-refractivity contribution in [3.05, 3.63) is 34.9 Å². The van der Waals surface area contributed by atoms with Crippen molar-refractivity contribution in [2.75, 3.05) is 13.2 Å². The van der Waals surface area contributed by atoms with Crippen molar-refractivity contribution < 1.29 is 19.1 Å². The topological polar surface area (TPSA) is 55.8 Å². The summed E-state index contributed by atoms with van der Waals surface area (Å²) < 4.78 is 11.2. The lowest BCUT2D eigenvalue weighted by molar-refractivity contribution is -0.133. The van der Waals surface area contributed by atoms with Gasteiger partial charge in [0.1, 0.15) is 11.7 Å². The molecule has 26 heavy (non-hydrogen) atoms. The van der Waals surface area contributed by atoms with Gasteiger partial charge < -0.3 is 9.47 Å². The number of hydrogen-bond donors (Lipinski definition) is 0. The van der Waals surface area contributed by atoms with Crippen molar-refractivity contribution in [1.29, 1.82) is 0 Å². The van der Waals surface area contributed by atoms with E-state index in [2.05, 4.69) is 11.8 Å². The standard InChI is InChI=1S/C20H24ClNO4/c1-5-6-17(23)18-12-22(19(24)26-20(2,3)4)16(13-25-18)11-14-7-9-15(21)10-8-14/h7-10,16,18H,11-13H2,1-4H3/t16-,18+/m0/s1. The molecular formula is C20H24ClNO4. The first kappa shape index (κ1) is 20.3. The van der Waals surface area contributed by atoms with Gasteiger partial charge in [0.05, 0.1) is 19.2 Å². The van der Waals surface area contributed by atoms with Gasteiger partial charge in [0.15, 0.2) is 0 Å². The summed E-state index contributed by atoms with van der Waals surface area (Å²) in [5.74, 6) is 4.74. The van der Waals surface area contributed by atoms with Crippen LogP contribution in [-0.2, 0) is 20.7 Å². The molecule has 1 aliphatic heterocycles. The smallest absolute Gasteiger partial charge is 0.410 e. The Labute approximate surface area is 159 Å². The minimum absolute atomic E-state index is 0.126. The molecule has 0 spiro atoms. The lowest BCUT2D eigenvalue weighted by atomic mass is 10.0. The predicted molar refractivity (Wildman–Crippen MR) is 100 cm³/mol. The van der Waals surface area contributed by atoms with Gasteiger partial charge in [0.25, 0.3) is 0 Å². The molecule has 1 aliphatic rings. The molecule has 0 unspecified atom stereocenters. The molecular weight excluding hydrogens is 354 g/mol. The van der Waals surface area contributed by atoms with Crippen molar-refractivity contribution in [2.45, 2.75) is 51.9 Å². The van der Waals surface area contributed by atoms with E-state index < -0.39 is 17.8 Å². The van der Waals surface area contributed by atoms with E-state index in [1.807, 2.05) is 45.0 Å². The lowest BCUT2D eigenvalue weighted by Gasteiger charge is -2.39. The van der Waals surface area contributed by atoms with Crippen LogP contribution in [0.5, 0.6) is 0 Å². The average molecular weight is 378 g/mol. The van der Waals surface area contributed by atoms with Gasteiger partial charge in [-0.15, -0.1) is 0 Å². The van der Waals surface area contributed by atoms with Crippen molar-refractivity contribution in [1.82, 2.24) is 4.90 Å². The van der Waals surface area contributed by atoms with Gasteiger partial charge in [-0.2, -0.15) is 0 Å². The summed E-state index contributed by atoms with van der Waals surface area (Å²) in [6.45, 7) is 7.39. The second-order valence-corrected chi connectivity index (χ2v) is 7.61. The number of ether oxygens (including phenoxy) is 2. The van der Waals surface area contributed by atoms with Crippen LogP contribution in [0.15, 0.2) is 24.3 Å². The second kappa shape index (κ2) is 8.57. The molecule has 0 bridgehead atoms. The highest BCUT2D eigenvalue weighted by molar-refractivity contribution is 6.30. The summed E-state index contributed by atoms with van der Waals surface area (Å²) in [7, 11) is 0. The fourth-order valence-corrected chi connectivity index (χ4v) is 2.79. The molecule has 1 heterocycles. The fourth-order valence-electron chi connectivity index (χ4n) is 2.67. The number of morpholine rings is 1. The van der Waals surface area contributed by atoms with Crippen LogP contribution in [0.1, 0.15) is 33.3 Å². The number of benzene rings is 1. The molecule has 0 aliphatic carbocycles. The number of ketones is 1. The van der Waals surface area contributed by atoms with Crippen LogP contribution in [0.25, 0.3) is 0 Å². The molecule has 1 aromatic carbocycles. The van der Waals surface area contributed by atoms with Gasteiger partial charge in [-0.1, -0.05) is 29.7 Å². The Bertz CT molecular complexity index is 712. The third-order valence-corrected chi connectivity index (χ3v) is 4.10. The highest BCUT2D eigenvalue weighted by Crippen LogP contribution is 2.21. The Morgan fingerprint density at radius 1 is 1.31 bits per heavy atom. The van der Waals surface area contributed by atoms with Crippen LogP contribution in [-0.4, -0.2) is 47.7 Å². The van der Waals surface area contributed by atoms with Gasteiger partial charge in [-0.25, -0.2) is 4.79 Å². The zero-order valence-electron chi connectivity index (χ0n) is 15.5. The zero-order valence-corrected chi connectivity index (χ0v) is 16.3. The Morgan fingerprint density at radius 3 is 2.54 bits per heavy atom. The summed E-state index contributed by atoms with van der Waals surface area (Å²) >= 11 is 5.93. The number of hydrogen-bond acceptors (Lipinski definition) is 4. The van der Waals surface area contributed by atoms with Crippen LogP contribution in [0.4, 0.5) is 4.79 Å². The summed E-state index contributed by atoms with van der Waals surface area (Å²) in [6.07, 6.45) is -0.630. The molecule has 0 radical (unpaired) electrons. The summed E-state index contributed by atoms with van der Waals surface area (Å²) in [5.41, 5.74) is 0.401. The van der Waals surface area contributed by atoms with Gasteiger partial charge in [-0.3, -0.25) is 9.69 Å². The second-order valence-electron chi connectivity index (χ2n) is 7.18. The van der Waals surface area contributed by atoms with Crippen LogP contribution in [0, 0.1) is 11.8 Å². The number of carbonyl (C=O) groups is 2. The molecule has 1 aromatic rings. The lowest BCUT2D eigenvalue weighted by Crippen LogP contribution is -2.56. The molecule has 0 N–H and O–H groups in total. The molecule has 0 aromatic heterocycles. The maximum absolute atomic E-state index is 12.7. The molecule has 1 saturated heterocycles. The maximum atomic E-state index is 12.7. The van der Waals surface area contributed by atoms with Crippen molar-refractivity contribution in [3.63, 3.8) is 0 Å². The van der Waals surface area contributed by atoms with E-state index in [0.29, 0.717) is 11.4 Å². The number of halogens is 1. The van der Waals surface area contributed by atoms with Gasteiger partial charge in [0.2, 0.25) is 5.78 Å². The van der Waals surface area contributed by atoms with E-state index in [1.54, 1.807) is 11.8 Å². The Kier molecular flexibility index (Phi) is 6.69. The van der Waals surface area contributed by atoms with E-state index in [0.717, 1.165) is 5.56 Å². The quantitative estimate of drug-likeness (QED) is 0.597. The Morgan fingerprint density at radius 2 is 1.96 bits per heavy atom. The highest BCUT2D eigenvalue weighted by atomic mass is 35.5. The summed E-state index contributed by atoms with van der Waals surface area (Å²) in [4.78, 5) is 26.3. The third kappa shape index (κ3) is 5.76. The monoisotopic (exact) mass is 377 g/mol. The predicted octanol–water partition coefficient (Wildman–Crippen LogP) is 3.48. The molecule has 2 atom stereocenters. The molecule has 2 rings (SSSR count). The number of Topliss-reactive ketones (excluding diaryl/α,β-unsaturated/α-hetero) is 1. The van der Waals surface area contributed by atoms with Gasteiger partial charge >= 0.3 is 6.09 Å². The highest BCUT2D eigenvalue weighted by Gasteiger charge is 2.37. The van der Waals surface area contributed by atoms with E-state index in [1.165, 1.54) is 0 Å². The Balaban J connectivity index is 2.18. The molecule has 1 fully saturated rings. The van der Waals surface area contributed by atoms with Crippen LogP contribution >= 0.6 is 11.6 Å². The first-order valence-electron chi connectivity index (χ1n) is 8.52. The van der Waals surface area contributed by atoms with Gasteiger partial charge in [0, 0.05) is 5.02 Å². The number of amides is 1. The maximum Gasteiger partial charge on any atom is 0.410 e. The van der Waals surface area contributed by atoms with E-state index in [9.17, 15) is 9.59 Å². The average Bonchev–Trinajstić information content (AvgIpc) is 2.56. The van der Waals surface area contributed by atoms with Crippen LogP contribution in [0.2, 0.25) is 5.02 Å². The van der Waals surface area contributed by atoms with Crippen molar-refractivity contribution >= 4 is 23.5 Å². The molecule has 140 valence electrons. The molecule has 5 nitrogen and oxygen atoms in total. The summed E-state index contributed by atoms with van der Waals surface area (Å²) in [5, 5.41) is 0.654. The number of nitrogens with zero attached hydrogens (tertiary/aromatic N) is 1. The summed E-state index contributed by atoms with van der Waals surface area (Å²) in [6, 6.07) is 7.21. The minimum atomic E-state index is -0.753. The molecule has 6 heteroatoms. The Hall–Kier alpha value is -2.03. The van der Waals surface area contributed by atoms with Crippen LogP contribution < -0.4 is 0 Å². The van der Waals surface area contributed by atoms with Crippen LogP contribution in [0.3, 0.4) is 0 Å². The number of carbonyl (C=O) groups excluding carboxylic acids is 2. The first-order chi connectivity index (χ1) is 12.2. The molecule has 0 saturated carbocycles. The number of rotatable bonds is 3. The molecule has 1 amide bonds. The first-order valence-corrected chi connectivity index (χ1v) is 8.89. The van der Waals surface area contributed by atoms with Crippen molar-refractivity contribution in [3.8, 4) is 11.8 Å². The van der Waals surface area contributed by atoms with Gasteiger partial charge in [-0.05, 0) is 57.7 Å². The van der Waals surface area contributed by atoms with E-state index in [4.69, 9.17) is 21.1 Å². The third-order valence-electron chi connectivity index (χ3n) is 3.85. The normalized spacial score (nSPS) is 20.1. The zero-order chi connectivity index (χ0) is 19.3. The van der Waals surface area contributed by atoms with E-state index in [-0.39, 0.29) is 25.0 Å². The SMILES string of the molecule is CC#CC(=O)[C@H]1CN(C(=O)OC(C)(C)C)[C@@H](Cc2ccc(Cl)cc2)CO1. The van der Waals surface area contributed by atoms with E-state index >= 15 is 0 Å². The van der Waals surface area contributed by atoms with Crippen molar-refractivity contribution in [2.24, 2.45) is 0 Å². The largest absolute Gasteiger partial charge is 0.444 e. The fraction of sp³-hybridized carbons (Fsp3) is 0.500.